The molecular formula is C25H28N4O6. The number of allylic oxidation sites excluding steroid dienone is 4. The van der Waals surface area contributed by atoms with Gasteiger partial charge in [-0.25, -0.2) is 0 Å². The summed E-state index contributed by atoms with van der Waals surface area (Å²) in [7, 11) is 0. The fourth-order valence-electron chi connectivity index (χ4n) is 2.75. The Bertz CT molecular complexity index is 1080. The summed E-state index contributed by atoms with van der Waals surface area (Å²) in [6.45, 7) is 5.94. The van der Waals surface area contributed by atoms with Crippen LogP contribution in [0.3, 0.4) is 0 Å². The first kappa shape index (κ1) is 26.9. The fraction of sp³-hybridized carbons (Fsp3) is 0.280. The summed E-state index contributed by atoms with van der Waals surface area (Å²) in [6.07, 6.45) is 0.527. The van der Waals surface area contributed by atoms with Crippen LogP contribution in [0.25, 0.3) is 0 Å². The van der Waals surface area contributed by atoms with Crippen molar-refractivity contribution in [3.8, 4) is 11.5 Å². The molecule has 0 bridgehead atoms. The summed E-state index contributed by atoms with van der Waals surface area (Å²) in [5.41, 5.74) is 0.577. The minimum absolute atomic E-state index is 0.121. The molecule has 2 N–H and O–H groups in total. The smallest absolute Gasteiger partial charge is 0.183 e. The van der Waals surface area contributed by atoms with Crippen LogP contribution in [-0.2, 0) is 9.59 Å². The Kier molecular flexibility index (Phi) is 10.3. The molecule has 0 atom stereocenters. The summed E-state index contributed by atoms with van der Waals surface area (Å²) in [4.78, 5) is 23.1. The van der Waals surface area contributed by atoms with Crippen LogP contribution in [0.2, 0.25) is 0 Å². The van der Waals surface area contributed by atoms with Crippen LogP contribution >= 0.6 is 0 Å². The van der Waals surface area contributed by atoms with Crippen molar-refractivity contribution >= 4 is 22.9 Å². The van der Waals surface area contributed by atoms with Gasteiger partial charge >= 0.3 is 0 Å². The topological polar surface area (TPSA) is 142 Å². The summed E-state index contributed by atoms with van der Waals surface area (Å²) < 4.78 is 11.6. The fourth-order valence-corrected chi connectivity index (χ4v) is 2.75. The molecule has 2 aromatic rings. The quantitative estimate of drug-likeness (QED) is 0.154. The van der Waals surface area contributed by atoms with Gasteiger partial charge in [0.05, 0.1) is 13.2 Å². The number of ketones is 2. The molecule has 0 aliphatic carbocycles. The Balaban J connectivity index is 1.97. The number of aliphatic hydroxyl groups is 2. The van der Waals surface area contributed by atoms with Gasteiger partial charge in [-0.3, -0.25) is 9.59 Å². The number of ether oxygens (including phenoxy) is 2. The van der Waals surface area contributed by atoms with Gasteiger partial charge < -0.3 is 19.7 Å². The van der Waals surface area contributed by atoms with Crippen LogP contribution in [0, 0.1) is 0 Å². The number of nitrogens with zero attached hydrogens (tertiary/aromatic N) is 4. The molecule has 0 spiro atoms. The first-order chi connectivity index (χ1) is 16.7. The van der Waals surface area contributed by atoms with Gasteiger partial charge in [0.1, 0.15) is 34.4 Å². The Hall–Kier alpha value is -4.34. The molecule has 0 aliphatic heterocycles. The number of aliphatic hydroxyl groups excluding tert-OH is 2. The Labute approximate surface area is 203 Å². The molecule has 0 unspecified atom stereocenters. The molecule has 0 heterocycles. The van der Waals surface area contributed by atoms with Gasteiger partial charge in [-0.05, 0) is 38.1 Å². The zero-order valence-corrected chi connectivity index (χ0v) is 20.1. The number of rotatable bonds is 12. The Morgan fingerprint density at radius 1 is 0.686 bits per heavy atom. The molecule has 0 fully saturated rings. The van der Waals surface area contributed by atoms with Crippen LogP contribution in [0.4, 0.5) is 11.4 Å². The number of hydrogen-bond acceptors (Lipinski definition) is 10. The van der Waals surface area contributed by atoms with E-state index in [0.717, 1.165) is 0 Å². The lowest BCUT2D eigenvalue weighted by Crippen LogP contribution is -2.05. The average Bonchev–Trinajstić information content (AvgIpc) is 2.80. The molecule has 0 saturated carbocycles. The number of hydrogen-bond donors (Lipinski definition) is 2. The van der Waals surface area contributed by atoms with E-state index in [1.165, 1.54) is 27.7 Å². The van der Waals surface area contributed by atoms with Crippen molar-refractivity contribution < 1.29 is 29.3 Å². The molecule has 10 heteroatoms. The maximum absolute atomic E-state index is 11.6. The van der Waals surface area contributed by atoms with E-state index in [1.807, 2.05) is 0 Å². The number of Topliss-reactive ketones (excluding diaryl/α,β-unsaturated/α-hetero) is 2. The van der Waals surface area contributed by atoms with Crippen LogP contribution in [0.1, 0.15) is 34.1 Å². The third-order valence-electron chi connectivity index (χ3n) is 4.40. The van der Waals surface area contributed by atoms with Crippen molar-refractivity contribution in [1.82, 2.24) is 0 Å². The van der Waals surface area contributed by atoms with Crippen molar-refractivity contribution in [2.75, 3.05) is 13.2 Å². The number of azo groups is 2. The summed E-state index contributed by atoms with van der Waals surface area (Å²) in [5.74, 6) is -0.291. The number of benzene rings is 2. The average molecular weight is 481 g/mol. The Morgan fingerprint density at radius 3 is 1.40 bits per heavy atom. The highest BCUT2D eigenvalue weighted by Gasteiger charge is 2.10. The lowest BCUT2D eigenvalue weighted by atomic mass is 10.3. The van der Waals surface area contributed by atoms with Gasteiger partial charge in [-0.1, -0.05) is 24.3 Å². The van der Waals surface area contributed by atoms with Gasteiger partial charge in [0.15, 0.2) is 23.0 Å². The van der Waals surface area contributed by atoms with Crippen LogP contribution in [0.5, 0.6) is 11.5 Å². The van der Waals surface area contributed by atoms with E-state index in [1.54, 1.807) is 48.5 Å². The maximum Gasteiger partial charge on any atom is 0.183 e. The number of para-hydroxylation sites is 2. The molecule has 0 aromatic heterocycles. The predicted octanol–water partition coefficient (Wildman–Crippen LogP) is 6.46. The first-order valence-electron chi connectivity index (χ1n) is 10.8. The molecule has 10 nitrogen and oxygen atoms in total. The minimum Gasteiger partial charge on any atom is -0.510 e. The Morgan fingerprint density at radius 2 is 1.06 bits per heavy atom. The second kappa shape index (κ2) is 13.4. The molecule has 0 radical (unpaired) electrons. The minimum atomic E-state index is -0.399. The predicted molar refractivity (Wildman–Crippen MR) is 130 cm³/mol. The normalized spacial score (nSPS) is 12.9. The standard InChI is InChI=1S/C25H28N4O6/c1-16(30)24(17(2)31)28-26-20-10-5-7-12-22(20)34-14-9-15-35-23-13-8-6-11-21(23)27-29-25(18(3)32)19(4)33/h5-8,10-13,30,32H,9,14-15H2,1-4H3/b24-16-,25-18-,28-26?,29-27?. The van der Waals surface area contributed by atoms with Gasteiger partial charge in [0.2, 0.25) is 0 Å². The highest BCUT2D eigenvalue weighted by molar-refractivity contribution is 5.93. The van der Waals surface area contributed by atoms with E-state index >= 15 is 0 Å². The van der Waals surface area contributed by atoms with Crippen LogP contribution in [-0.4, -0.2) is 35.0 Å². The van der Waals surface area contributed by atoms with Gasteiger partial charge in [0, 0.05) is 20.3 Å². The lowest BCUT2D eigenvalue weighted by Gasteiger charge is -2.10. The van der Waals surface area contributed by atoms with Crippen molar-refractivity contribution in [1.29, 1.82) is 0 Å². The zero-order valence-electron chi connectivity index (χ0n) is 20.1. The van der Waals surface area contributed by atoms with Crippen molar-refractivity contribution in [2.45, 2.75) is 34.1 Å². The van der Waals surface area contributed by atoms with Gasteiger partial charge in [-0.2, -0.15) is 0 Å². The molecule has 2 aromatic carbocycles. The van der Waals surface area contributed by atoms with E-state index in [4.69, 9.17) is 9.47 Å². The highest BCUT2D eigenvalue weighted by Crippen LogP contribution is 2.29. The second-order valence-electron chi connectivity index (χ2n) is 7.37. The van der Waals surface area contributed by atoms with Crippen molar-refractivity contribution in [3.05, 3.63) is 71.4 Å². The third-order valence-corrected chi connectivity index (χ3v) is 4.40. The summed E-state index contributed by atoms with van der Waals surface area (Å²) in [5, 5.41) is 34.9. The number of carbonyl (C=O) groups is 2. The molecular weight excluding hydrogens is 452 g/mol. The zero-order chi connectivity index (χ0) is 25.8. The van der Waals surface area contributed by atoms with E-state index < -0.39 is 11.6 Å². The highest BCUT2D eigenvalue weighted by atomic mass is 16.5. The van der Waals surface area contributed by atoms with Crippen molar-refractivity contribution in [3.63, 3.8) is 0 Å². The molecule has 184 valence electrons. The third kappa shape index (κ3) is 8.50. The molecule has 0 amide bonds. The second-order valence-corrected chi connectivity index (χ2v) is 7.37. The van der Waals surface area contributed by atoms with Crippen molar-refractivity contribution in [2.24, 2.45) is 20.5 Å². The molecule has 2 rings (SSSR count). The monoisotopic (exact) mass is 480 g/mol. The van der Waals surface area contributed by atoms with Crippen LogP contribution in [0.15, 0.2) is 91.9 Å². The van der Waals surface area contributed by atoms with E-state index in [9.17, 15) is 19.8 Å². The molecule has 35 heavy (non-hydrogen) atoms. The van der Waals surface area contributed by atoms with E-state index in [0.29, 0.717) is 42.5 Å². The van der Waals surface area contributed by atoms with E-state index in [-0.39, 0.29) is 22.9 Å². The van der Waals surface area contributed by atoms with Crippen LogP contribution < -0.4 is 9.47 Å². The molecule has 0 aliphatic rings. The summed E-state index contributed by atoms with van der Waals surface area (Å²) >= 11 is 0. The SMILES string of the molecule is CC(=O)/C(N=Nc1ccccc1OCCCOc1ccccc1N=N/C(C(C)=O)=C(/C)O)=C(\C)O. The summed E-state index contributed by atoms with van der Waals surface area (Å²) in [6, 6.07) is 13.9. The largest absolute Gasteiger partial charge is 0.510 e. The van der Waals surface area contributed by atoms with Gasteiger partial charge in [-0.15, -0.1) is 20.5 Å². The molecule has 0 saturated heterocycles. The van der Waals surface area contributed by atoms with E-state index in [2.05, 4.69) is 20.5 Å². The lowest BCUT2D eigenvalue weighted by molar-refractivity contribution is -0.114. The maximum atomic E-state index is 11.6. The number of carbonyl (C=O) groups excluding carboxylic acids is 2. The van der Waals surface area contributed by atoms with Gasteiger partial charge in [0.25, 0.3) is 0 Å². The first-order valence-corrected chi connectivity index (χ1v) is 10.8.